The van der Waals surface area contributed by atoms with Gasteiger partial charge < -0.3 is 4.74 Å². The average molecular weight is 157 g/mol. The molecule has 1 aromatic heterocycles. The smallest absolute Gasteiger partial charge is 0.225 e. The van der Waals surface area contributed by atoms with Crippen LogP contribution >= 0.6 is 11.5 Å². The molecule has 0 unspecified atom stereocenters. The molecule has 0 aromatic carbocycles. The molecule has 56 valence electrons. The van der Waals surface area contributed by atoms with Crippen molar-refractivity contribution in [3.63, 3.8) is 0 Å². The SMILES string of the molecule is CCCCOc1ccsn1. The van der Waals surface area contributed by atoms with Crippen LogP contribution in [0.3, 0.4) is 0 Å². The van der Waals surface area contributed by atoms with Gasteiger partial charge in [0.25, 0.3) is 0 Å². The summed E-state index contributed by atoms with van der Waals surface area (Å²) in [7, 11) is 0. The Morgan fingerprint density at radius 3 is 3.20 bits per heavy atom. The first-order valence-corrected chi connectivity index (χ1v) is 4.30. The maximum Gasteiger partial charge on any atom is 0.225 e. The molecule has 0 saturated carbocycles. The molecule has 0 amide bonds. The van der Waals surface area contributed by atoms with E-state index in [0.29, 0.717) is 0 Å². The van der Waals surface area contributed by atoms with Gasteiger partial charge in [-0.25, -0.2) is 0 Å². The molecule has 0 saturated heterocycles. The Balaban J connectivity index is 2.15. The van der Waals surface area contributed by atoms with Crippen LogP contribution in [0.2, 0.25) is 0 Å². The zero-order chi connectivity index (χ0) is 7.23. The Hall–Kier alpha value is -0.570. The van der Waals surface area contributed by atoms with Crippen molar-refractivity contribution in [2.75, 3.05) is 6.61 Å². The lowest BCUT2D eigenvalue weighted by molar-refractivity contribution is 0.301. The lowest BCUT2D eigenvalue weighted by atomic mass is 10.4. The fourth-order valence-electron chi connectivity index (χ4n) is 0.597. The third-order valence-electron chi connectivity index (χ3n) is 1.16. The van der Waals surface area contributed by atoms with Gasteiger partial charge in [-0.1, -0.05) is 13.3 Å². The molecule has 0 fully saturated rings. The summed E-state index contributed by atoms with van der Waals surface area (Å²) in [5, 5.41) is 1.92. The summed E-state index contributed by atoms with van der Waals surface area (Å²) in [5.74, 6) is 0.762. The minimum atomic E-state index is 0.762. The first-order valence-electron chi connectivity index (χ1n) is 3.46. The predicted octanol–water partition coefficient (Wildman–Crippen LogP) is 2.32. The van der Waals surface area contributed by atoms with Crippen molar-refractivity contribution >= 4 is 11.5 Å². The number of unbranched alkanes of at least 4 members (excludes halogenated alkanes) is 1. The van der Waals surface area contributed by atoms with Gasteiger partial charge >= 0.3 is 0 Å². The Bertz CT molecular complexity index is 162. The van der Waals surface area contributed by atoms with E-state index in [1.165, 1.54) is 18.0 Å². The van der Waals surface area contributed by atoms with E-state index < -0.39 is 0 Å². The lowest BCUT2D eigenvalue weighted by Crippen LogP contribution is -1.95. The Morgan fingerprint density at radius 2 is 2.60 bits per heavy atom. The van der Waals surface area contributed by atoms with Gasteiger partial charge in [0.2, 0.25) is 5.88 Å². The summed E-state index contributed by atoms with van der Waals surface area (Å²) in [6.45, 7) is 2.94. The fourth-order valence-corrected chi connectivity index (χ4v) is 1.05. The maximum atomic E-state index is 5.29. The number of rotatable bonds is 4. The third kappa shape index (κ3) is 2.35. The summed E-state index contributed by atoms with van der Waals surface area (Å²) in [5.41, 5.74) is 0. The van der Waals surface area contributed by atoms with E-state index in [1.807, 2.05) is 11.4 Å². The molecule has 0 aliphatic rings. The van der Waals surface area contributed by atoms with Crippen LogP contribution in [0.5, 0.6) is 5.88 Å². The highest BCUT2D eigenvalue weighted by atomic mass is 32.1. The summed E-state index contributed by atoms with van der Waals surface area (Å²) < 4.78 is 9.29. The molecule has 3 heteroatoms. The van der Waals surface area contributed by atoms with E-state index in [4.69, 9.17) is 4.74 Å². The van der Waals surface area contributed by atoms with Gasteiger partial charge in [-0.2, -0.15) is 4.37 Å². The number of aromatic nitrogens is 1. The quantitative estimate of drug-likeness (QED) is 0.626. The molecule has 0 aliphatic heterocycles. The van der Waals surface area contributed by atoms with E-state index in [-0.39, 0.29) is 0 Å². The van der Waals surface area contributed by atoms with E-state index >= 15 is 0 Å². The normalized spacial score (nSPS) is 9.70. The minimum Gasteiger partial charge on any atom is -0.477 e. The van der Waals surface area contributed by atoms with Crippen LogP contribution in [0.25, 0.3) is 0 Å². The van der Waals surface area contributed by atoms with Gasteiger partial charge in [0, 0.05) is 11.4 Å². The summed E-state index contributed by atoms with van der Waals surface area (Å²) >= 11 is 1.42. The van der Waals surface area contributed by atoms with E-state index in [0.717, 1.165) is 18.9 Å². The van der Waals surface area contributed by atoms with Gasteiger partial charge in [0.05, 0.1) is 6.61 Å². The molecule has 0 N–H and O–H groups in total. The van der Waals surface area contributed by atoms with Gasteiger partial charge in [-0.3, -0.25) is 0 Å². The van der Waals surface area contributed by atoms with Crippen molar-refractivity contribution in [2.24, 2.45) is 0 Å². The molecule has 0 radical (unpaired) electrons. The largest absolute Gasteiger partial charge is 0.477 e. The molecular weight excluding hydrogens is 146 g/mol. The fraction of sp³-hybridized carbons (Fsp3) is 0.571. The zero-order valence-corrected chi connectivity index (χ0v) is 6.86. The second kappa shape index (κ2) is 4.28. The minimum absolute atomic E-state index is 0.762. The topological polar surface area (TPSA) is 22.1 Å². The van der Waals surface area contributed by atoms with Crippen molar-refractivity contribution in [3.05, 3.63) is 11.4 Å². The van der Waals surface area contributed by atoms with Gasteiger partial charge in [-0.05, 0) is 18.0 Å². The standard InChI is InChI=1S/C7H11NOS/c1-2-3-5-9-7-4-6-10-8-7/h4,6H,2-3,5H2,1H3. The summed E-state index contributed by atoms with van der Waals surface area (Å²) in [4.78, 5) is 0. The van der Waals surface area contributed by atoms with Gasteiger partial charge in [0.15, 0.2) is 0 Å². The Morgan fingerprint density at radius 1 is 1.70 bits per heavy atom. The zero-order valence-electron chi connectivity index (χ0n) is 6.04. The van der Waals surface area contributed by atoms with Crippen molar-refractivity contribution in [1.29, 1.82) is 0 Å². The molecule has 2 nitrogen and oxygen atoms in total. The van der Waals surface area contributed by atoms with Crippen LogP contribution in [0, 0.1) is 0 Å². The van der Waals surface area contributed by atoms with Gasteiger partial charge in [0.1, 0.15) is 0 Å². The van der Waals surface area contributed by atoms with Crippen LogP contribution in [0.15, 0.2) is 11.4 Å². The van der Waals surface area contributed by atoms with Crippen molar-refractivity contribution in [3.8, 4) is 5.88 Å². The predicted molar refractivity (Wildman–Crippen MR) is 42.5 cm³/mol. The molecule has 0 atom stereocenters. The molecular formula is C7H11NOS. The first-order chi connectivity index (χ1) is 4.93. The summed E-state index contributed by atoms with van der Waals surface area (Å²) in [6, 6.07) is 1.89. The van der Waals surface area contributed by atoms with Crippen molar-refractivity contribution in [1.82, 2.24) is 4.37 Å². The maximum absolute atomic E-state index is 5.29. The Kier molecular flexibility index (Phi) is 3.22. The molecule has 1 heterocycles. The van der Waals surface area contributed by atoms with E-state index in [1.54, 1.807) is 0 Å². The van der Waals surface area contributed by atoms with Crippen molar-refractivity contribution < 1.29 is 4.74 Å². The molecule has 1 aromatic rings. The third-order valence-corrected chi connectivity index (χ3v) is 1.71. The molecule has 10 heavy (non-hydrogen) atoms. The highest BCUT2D eigenvalue weighted by Gasteiger charge is 1.92. The van der Waals surface area contributed by atoms with E-state index in [2.05, 4.69) is 11.3 Å². The number of nitrogens with zero attached hydrogens (tertiary/aromatic N) is 1. The monoisotopic (exact) mass is 157 g/mol. The second-order valence-corrected chi connectivity index (χ2v) is 2.71. The highest BCUT2D eigenvalue weighted by molar-refractivity contribution is 7.03. The van der Waals surface area contributed by atoms with Crippen LogP contribution in [0.1, 0.15) is 19.8 Å². The highest BCUT2D eigenvalue weighted by Crippen LogP contribution is 2.08. The summed E-state index contributed by atoms with van der Waals surface area (Å²) in [6.07, 6.45) is 2.28. The Labute approximate surface area is 65.0 Å². The van der Waals surface area contributed by atoms with Crippen LogP contribution in [-0.4, -0.2) is 11.0 Å². The van der Waals surface area contributed by atoms with Crippen molar-refractivity contribution in [2.45, 2.75) is 19.8 Å². The van der Waals surface area contributed by atoms with Crippen LogP contribution in [-0.2, 0) is 0 Å². The van der Waals surface area contributed by atoms with E-state index in [9.17, 15) is 0 Å². The molecule has 0 bridgehead atoms. The number of ether oxygens (including phenoxy) is 1. The molecule has 1 rings (SSSR count). The molecule has 0 spiro atoms. The van der Waals surface area contributed by atoms with Crippen LogP contribution < -0.4 is 4.74 Å². The average Bonchev–Trinajstić information content (AvgIpc) is 2.41. The number of hydrogen-bond donors (Lipinski definition) is 0. The first kappa shape index (κ1) is 7.54. The number of hydrogen-bond acceptors (Lipinski definition) is 3. The van der Waals surface area contributed by atoms with Gasteiger partial charge in [-0.15, -0.1) is 0 Å². The molecule has 0 aliphatic carbocycles. The second-order valence-electron chi connectivity index (χ2n) is 2.04. The lowest BCUT2D eigenvalue weighted by Gasteiger charge is -1.98. The van der Waals surface area contributed by atoms with Crippen LogP contribution in [0.4, 0.5) is 0 Å².